The van der Waals surface area contributed by atoms with Gasteiger partial charge in [0.1, 0.15) is 104 Å². The van der Waals surface area contributed by atoms with E-state index in [-0.39, 0.29) is 0 Å². The van der Waals surface area contributed by atoms with Crippen LogP contribution >= 0.6 is 0 Å². The van der Waals surface area contributed by atoms with Crippen molar-refractivity contribution in [1.82, 2.24) is 5.32 Å². The molecular formula is C33H57NO23. The molecule has 0 aromatic carbocycles. The number of aliphatic hydroxyl groups excluding tert-OH is 12. The number of hydrogen-bond acceptors (Lipinski definition) is 23. The number of ether oxygens (including phenoxy) is 10. The molecule has 5 saturated heterocycles. The van der Waals surface area contributed by atoms with Crippen molar-refractivity contribution in [2.24, 2.45) is 0 Å². The number of nitrogens with one attached hydrogen (secondary N) is 1. The summed E-state index contributed by atoms with van der Waals surface area (Å²) in [4.78, 5) is 12.5. The fourth-order valence-corrected chi connectivity index (χ4v) is 7.39. The Morgan fingerprint density at radius 2 is 0.912 bits per heavy atom. The van der Waals surface area contributed by atoms with Gasteiger partial charge in [0, 0.05) is 14.0 Å². The Kier molecular flexibility index (Phi) is 16.0. The van der Waals surface area contributed by atoms with Crippen LogP contribution < -0.4 is 5.32 Å². The Balaban J connectivity index is 1.45. The molecule has 0 bridgehead atoms. The topological polar surface area (TPSA) is 364 Å². The van der Waals surface area contributed by atoms with E-state index in [1.807, 2.05) is 0 Å². The Bertz CT molecular complexity index is 1290. The smallest absolute Gasteiger partial charge is 0.217 e. The lowest BCUT2D eigenvalue weighted by Gasteiger charge is -2.50. The quantitative estimate of drug-likeness (QED) is 0.0868. The molecule has 332 valence electrons. The van der Waals surface area contributed by atoms with Gasteiger partial charge < -0.3 is 114 Å². The molecule has 57 heavy (non-hydrogen) atoms. The number of carbonyl (C=O) groups excluding carboxylic acids is 1. The van der Waals surface area contributed by atoms with E-state index in [4.69, 9.17) is 47.4 Å². The molecule has 0 spiro atoms. The monoisotopic (exact) mass is 835 g/mol. The summed E-state index contributed by atoms with van der Waals surface area (Å²) in [5.74, 6) is -0.727. The summed E-state index contributed by atoms with van der Waals surface area (Å²) < 4.78 is 58.3. The van der Waals surface area contributed by atoms with E-state index in [9.17, 15) is 66.1 Å². The minimum absolute atomic E-state index is 0.727. The number of hydrogen-bond donors (Lipinski definition) is 13. The van der Waals surface area contributed by atoms with E-state index in [1.165, 1.54) is 27.9 Å². The maximum absolute atomic E-state index is 12.5. The van der Waals surface area contributed by atoms with E-state index >= 15 is 0 Å². The largest absolute Gasteiger partial charge is 0.394 e. The molecule has 5 aliphatic heterocycles. The third-order valence-electron chi connectivity index (χ3n) is 10.8. The van der Waals surface area contributed by atoms with E-state index in [0.29, 0.717) is 0 Å². The molecule has 5 heterocycles. The van der Waals surface area contributed by atoms with Gasteiger partial charge in [0.25, 0.3) is 0 Å². The molecule has 5 aliphatic rings. The highest BCUT2D eigenvalue weighted by molar-refractivity contribution is 5.73. The van der Waals surface area contributed by atoms with Gasteiger partial charge >= 0.3 is 0 Å². The van der Waals surface area contributed by atoms with Crippen LogP contribution in [-0.2, 0) is 52.2 Å². The van der Waals surface area contributed by atoms with Crippen molar-refractivity contribution in [3.63, 3.8) is 0 Å². The summed E-state index contributed by atoms with van der Waals surface area (Å²) in [6, 6.07) is -1.56. The molecule has 24 heteroatoms. The lowest BCUT2D eigenvalue weighted by molar-refractivity contribution is -0.400. The SMILES string of the molecule is CO[C@@H]1O[C@@H](C)[C@H](O)[C@@H](O[C@H]2O[C@H](CO)[C@@H](O)[C@H](O)[C@H]2O)[C@H]1O[C@@H]1O[C@@H](C)[C@H](O)[C@@H](O)[C@H]1O[C@@H]1O[C@H](CO)[C@@H](O)[C@H](O[C@@H]2O[C@@H](C)[C@H](O)[C@@H](O)[C@H]2O)[C@H]1NC(C)=O. The maximum Gasteiger partial charge on any atom is 0.217 e. The Morgan fingerprint density at radius 3 is 1.49 bits per heavy atom. The zero-order valence-electron chi connectivity index (χ0n) is 31.7. The Hall–Kier alpha value is -1.41. The van der Waals surface area contributed by atoms with Crippen LogP contribution in [0.3, 0.4) is 0 Å². The fraction of sp³-hybridized carbons (Fsp3) is 0.970. The van der Waals surface area contributed by atoms with E-state index in [0.717, 1.165) is 6.92 Å². The normalized spacial score (nSPS) is 52.3. The van der Waals surface area contributed by atoms with Crippen LogP contribution in [0.15, 0.2) is 0 Å². The van der Waals surface area contributed by atoms with Gasteiger partial charge in [-0.2, -0.15) is 0 Å². The number of aliphatic hydroxyl groups is 12. The number of rotatable bonds is 12. The van der Waals surface area contributed by atoms with Crippen LogP contribution in [0, 0.1) is 0 Å². The van der Waals surface area contributed by atoms with Crippen LogP contribution in [0.25, 0.3) is 0 Å². The van der Waals surface area contributed by atoms with Gasteiger partial charge in [-0.25, -0.2) is 0 Å². The summed E-state index contributed by atoms with van der Waals surface area (Å²) in [5, 5.41) is 130. The standard InChI is InChI=1S/C33H57NO23/c1-8-15(38)20(43)23(46)30(49-8)54-25-14(34-11(4)37)29(52-13(7-36)19(25)42)56-27-22(45)16(39)9(2)51-33(27)57-28-26(17(40)10(3)50-32(28)48-5)55-31-24(47)21(44)18(41)12(6-35)53-31/h8-10,12-33,35-36,38-47H,6-7H2,1-5H3,(H,34,37)/t8-,9-,10-,12+,13+,14+,15-,16-,17-,18+,19+,20+,21-,22+,23+,24+,25+,26+,27+,28+,29-,30-,31+,32+,33-/m0/s1. The first-order valence-corrected chi connectivity index (χ1v) is 18.6. The molecule has 0 unspecified atom stereocenters. The summed E-state index contributed by atoms with van der Waals surface area (Å²) >= 11 is 0. The van der Waals surface area contributed by atoms with Gasteiger partial charge in [-0.15, -0.1) is 0 Å². The first-order valence-electron chi connectivity index (χ1n) is 18.6. The molecule has 1 amide bonds. The van der Waals surface area contributed by atoms with Crippen molar-refractivity contribution in [3.8, 4) is 0 Å². The maximum atomic E-state index is 12.5. The summed E-state index contributed by atoms with van der Waals surface area (Å²) in [6.07, 6.45) is -38.7. The Labute approximate surface area is 326 Å². The summed E-state index contributed by atoms with van der Waals surface area (Å²) in [7, 11) is 1.22. The third-order valence-corrected chi connectivity index (χ3v) is 10.8. The van der Waals surface area contributed by atoms with Crippen molar-refractivity contribution in [2.75, 3.05) is 20.3 Å². The highest BCUT2D eigenvalue weighted by Gasteiger charge is 2.57. The molecular weight excluding hydrogens is 778 g/mol. The van der Waals surface area contributed by atoms with Crippen LogP contribution in [0.2, 0.25) is 0 Å². The average molecular weight is 836 g/mol. The Morgan fingerprint density at radius 1 is 0.474 bits per heavy atom. The van der Waals surface area contributed by atoms with E-state index < -0.39 is 173 Å². The van der Waals surface area contributed by atoms with Gasteiger partial charge in [-0.1, -0.05) is 0 Å². The van der Waals surface area contributed by atoms with Gasteiger partial charge in [-0.3, -0.25) is 4.79 Å². The molecule has 13 N–H and O–H groups in total. The zero-order valence-corrected chi connectivity index (χ0v) is 31.7. The molecule has 0 aromatic rings. The molecule has 0 saturated carbocycles. The van der Waals surface area contributed by atoms with Crippen LogP contribution in [0.5, 0.6) is 0 Å². The van der Waals surface area contributed by atoms with Crippen molar-refractivity contribution >= 4 is 5.91 Å². The predicted molar refractivity (Wildman–Crippen MR) is 179 cm³/mol. The van der Waals surface area contributed by atoms with E-state index in [1.54, 1.807) is 0 Å². The highest BCUT2D eigenvalue weighted by Crippen LogP contribution is 2.36. The first kappa shape index (κ1) is 46.7. The molecule has 0 aliphatic carbocycles. The van der Waals surface area contributed by atoms with Gasteiger partial charge in [0.15, 0.2) is 31.5 Å². The van der Waals surface area contributed by atoms with E-state index in [2.05, 4.69) is 5.32 Å². The minimum Gasteiger partial charge on any atom is -0.394 e. The second-order valence-corrected chi connectivity index (χ2v) is 14.9. The van der Waals surface area contributed by atoms with Gasteiger partial charge in [0.2, 0.25) is 5.91 Å². The molecule has 5 rings (SSSR count). The average Bonchev–Trinajstić information content (AvgIpc) is 3.17. The molecule has 25 atom stereocenters. The number of carbonyl (C=O) groups is 1. The molecule has 24 nitrogen and oxygen atoms in total. The van der Waals surface area contributed by atoms with Gasteiger partial charge in [-0.05, 0) is 20.8 Å². The molecule has 5 fully saturated rings. The number of amides is 1. The van der Waals surface area contributed by atoms with Crippen molar-refractivity contribution in [3.05, 3.63) is 0 Å². The first-order chi connectivity index (χ1) is 26.8. The van der Waals surface area contributed by atoms with Crippen LogP contribution in [0.4, 0.5) is 0 Å². The second-order valence-electron chi connectivity index (χ2n) is 14.9. The summed E-state index contributed by atoms with van der Waals surface area (Å²) in [5.41, 5.74) is 0. The molecule has 0 radical (unpaired) electrons. The predicted octanol–water partition coefficient (Wildman–Crippen LogP) is -8.04. The third kappa shape index (κ3) is 9.73. The lowest BCUT2D eigenvalue weighted by Crippen LogP contribution is -2.70. The van der Waals surface area contributed by atoms with Crippen molar-refractivity contribution in [2.45, 2.75) is 181 Å². The summed E-state index contributed by atoms with van der Waals surface area (Å²) in [6.45, 7) is 3.66. The zero-order chi connectivity index (χ0) is 42.2. The van der Waals surface area contributed by atoms with Crippen LogP contribution in [-0.4, -0.2) is 241 Å². The number of methoxy groups -OCH3 is 1. The highest BCUT2D eigenvalue weighted by atomic mass is 16.8. The van der Waals surface area contributed by atoms with Crippen molar-refractivity contribution < 1.29 is 113 Å². The second kappa shape index (κ2) is 19.5. The lowest BCUT2D eigenvalue weighted by atomic mass is 9.94. The van der Waals surface area contributed by atoms with Crippen molar-refractivity contribution in [1.29, 1.82) is 0 Å². The van der Waals surface area contributed by atoms with Gasteiger partial charge in [0.05, 0.1) is 31.5 Å². The van der Waals surface area contributed by atoms with Crippen LogP contribution in [0.1, 0.15) is 27.7 Å². The fourth-order valence-electron chi connectivity index (χ4n) is 7.39. The molecule has 0 aromatic heterocycles. The minimum atomic E-state index is -1.90.